The van der Waals surface area contributed by atoms with Gasteiger partial charge in [0.05, 0.1) is 7.11 Å². The number of methoxy groups -OCH3 is 1. The Morgan fingerprint density at radius 2 is 1.59 bits per heavy atom. The third-order valence-corrected chi connectivity index (χ3v) is 5.07. The first-order chi connectivity index (χ1) is 14.0. The number of carbonyl (C=O) groups excluding carboxylic acids is 2. The number of amides is 1. The van der Waals surface area contributed by atoms with Crippen LogP contribution in [-0.2, 0) is 16.0 Å². The van der Waals surface area contributed by atoms with E-state index in [1.165, 1.54) is 7.11 Å². The first-order valence-electron chi connectivity index (χ1n) is 8.96. The fourth-order valence-electron chi connectivity index (χ4n) is 2.93. The van der Waals surface area contributed by atoms with Crippen LogP contribution in [0.4, 0.5) is 0 Å². The fourth-order valence-corrected chi connectivity index (χ4v) is 3.41. The van der Waals surface area contributed by atoms with Crippen molar-refractivity contribution in [2.24, 2.45) is 0 Å². The summed E-state index contributed by atoms with van der Waals surface area (Å²) in [5.74, 6) is -0.921. The molecular formula is C23H19Cl2NO3. The van der Waals surface area contributed by atoms with Crippen LogP contribution in [0, 0.1) is 0 Å². The predicted molar refractivity (Wildman–Crippen MR) is 115 cm³/mol. The van der Waals surface area contributed by atoms with E-state index in [1.54, 1.807) is 30.3 Å². The monoisotopic (exact) mass is 427 g/mol. The number of halogens is 2. The van der Waals surface area contributed by atoms with Gasteiger partial charge in [0.25, 0.3) is 5.91 Å². The van der Waals surface area contributed by atoms with Crippen LogP contribution in [0.15, 0.2) is 72.8 Å². The summed E-state index contributed by atoms with van der Waals surface area (Å²) in [7, 11) is 1.28. The number of nitrogens with one attached hydrogen (secondary N) is 1. The lowest BCUT2D eigenvalue weighted by molar-refractivity contribution is -0.142. The summed E-state index contributed by atoms with van der Waals surface area (Å²) in [5.41, 5.74) is 3.19. The van der Waals surface area contributed by atoms with Gasteiger partial charge < -0.3 is 10.1 Å². The Morgan fingerprint density at radius 3 is 2.21 bits per heavy atom. The lowest BCUT2D eigenvalue weighted by Gasteiger charge is -2.17. The number of rotatable bonds is 6. The van der Waals surface area contributed by atoms with Crippen molar-refractivity contribution in [2.75, 3.05) is 7.11 Å². The molecular weight excluding hydrogens is 409 g/mol. The highest BCUT2D eigenvalue weighted by Crippen LogP contribution is 2.23. The molecule has 29 heavy (non-hydrogen) atoms. The Balaban J connectivity index is 1.75. The molecule has 0 bridgehead atoms. The summed E-state index contributed by atoms with van der Waals surface area (Å²) in [6, 6.07) is 21.2. The van der Waals surface area contributed by atoms with Gasteiger partial charge in [-0.25, -0.2) is 4.79 Å². The lowest BCUT2D eigenvalue weighted by atomic mass is 10.0. The smallest absolute Gasteiger partial charge is 0.328 e. The molecule has 0 unspecified atom stereocenters. The van der Waals surface area contributed by atoms with Crippen molar-refractivity contribution in [3.8, 4) is 11.1 Å². The van der Waals surface area contributed by atoms with Crippen LogP contribution >= 0.6 is 23.2 Å². The number of hydrogen-bond acceptors (Lipinski definition) is 3. The highest BCUT2D eigenvalue weighted by atomic mass is 35.5. The van der Waals surface area contributed by atoms with Crippen molar-refractivity contribution in [3.05, 3.63) is 94.0 Å². The summed E-state index contributed by atoms with van der Waals surface area (Å²) in [6.07, 6.45) is 0.191. The average molecular weight is 428 g/mol. The molecule has 148 valence electrons. The van der Waals surface area contributed by atoms with Gasteiger partial charge in [-0.2, -0.15) is 0 Å². The first kappa shape index (κ1) is 20.9. The average Bonchev–Trinajstić information content (AvgIpc) is 2.75. The molecule has 1 amide bonds. The van der Waals surface area contributed by atoms with Crippen molar-refractivity contribution in [1.82, 2.24) is 5.32 Å². The first-order valence-corrected chi connectivity index (χ1v) is 9.71. The maximum atomic E-state index is 12.7. The van der Waals surface area contributed by atoms with E-state index < -0.39 is 12.0 Å². The van der Waals surface area contributed by atoms with Crippen molar-refractivity contribution in [1.29, 1.82) is 0 Å². The standard InChI is InChI=1S/C23H19Cl2NO3/c1-29-23(28)21(13-18-11-12-19(24)14-20(18)25)26-22(27)17-9-7-16(8-10-17)15-5-3-2-4-6-15/h2-12,14,21H,13H2,1H3,(H,26,27)/t21-/m1/s1. The van der Waals surface area contributed by atoms with E-state index in [2.05, 4.69) is 5.32 Å². The molecule has 3 rings (SSSR count). The molecule has 3 aromatic rings. The maximum absolute atomic E-state index is 12.7. The fraction of sp³-hybridized carbons (Fsp3) is 0.130. The Labute approximate surface area is 179 Å². The van der Waals surface area contributed by atoms with E-state index in [0.29, 0.717) is 21.2 Å². The Kier molecular flexibility index (Phi) is 6.91. The van der Waals surface area contributed by atoms with Gasteiger partial charge in [-0.3, -0.25) is 4.79 Å². The number of ether oxygens (including phenoxy) is 1. The quantitative estimate of drug-likeness (QED) is 0.551. The SMILES string of the molecule is COC(=O)[C@@H](Cc1ccc(Cl)cc1Cl)NC(=O)c1ccc(-c2ccccc2)cc1. The van der Waals surface area contributed by atoms with E-state index in [1.807, 2.05) is 42.5 Å². The van der Waals surface area contributed by atoms with Gasteiger partial charge in [0.2, 0.25) is 0 Å². The molecule has 0 aliphatic carbocycles. The molecule has 0 aromatic heterocycles. The van der Waals surface area contributed by atoms with Crippen LogP contribution < -0.4 is 5.32 Å². The molecule has 1 N–H and O–H groups in total. The van der Waals surface area contributed by atoms with Crippen LogP contribution in [0.1, 0.15) is 15.9 Å². The second-order valence-electron chi connectivity index (χ2n) is 6.43. The minimum absolute atomic E-state index is 0.191. The van der Waals surface area contributed by atoms with Gasteiger partial charge in [-0.1, -0.05) is 71.7 Å². The summed E-state index contributed by atoms with van der Waals surface area (Å²) in [4.78, 5) is 24.9. The highest BCUT2D eigenvalue weighted by molar-refractivity contribution is 6.35. The van der Waals surface area contributed by atoms with E-state index >= 15 is 0 Å². The summed E-state index contributed by atoms with van der Waals surface area (Å²) >= 11 is 12.1. The van der Waals surface area contributed by atoms with E-state index in [9.17, 15) is 9.59 Å². The number of carbonyl (C=O) groups is 2. The van der Waals surface area contributed by atoms with Crippen LogP contribution in [0.5, 0.6) is 0 Å². The third kappa shape index (κ3) is 5.37. The third-order valence-electron chi connectivity index (χ3n) is 4.48. The van der Waals surface area contributed by atoms with Crippen molar-refractivity contribution < 1.29 is 14.3 Å². The van der Waals surface area contributed by atoms with Crippen LogP contribution in [-0.4, -0.2) is 25.0 Å². The van der Waals surface area contributed by atoms with Gasteiger partial charge in [0, 0.05) is 22.0 Å². The molecule has 3 aromatic carbocycles. The Bertz CT molecular complexity index is 1000. The van der Waals surface area contributed by atoms with Crippen LogP contribution in [0.25, 0.3) is 11.1 Å². The zero-order valence-electron chi connectivity index (χ0n) is 15.7. The van der Waals surface area contributed by atoms with Crippen LogP contribution in [0.2, 0.25) is 10.0 Å². The van der Waals surface area contributed by atoms with Crippen LogP contribution in [0.3, 0.4) is 0 Å². The highest BCUT2D eigenvalue weighted by Gasteiger charge is 2.23. The Hall–Kier alpha value is -2.82. The molecule has 0 aliphatic rings. The van der Waals surface area contributed by atoms with Gasteiger partial charge in [0.15, 0.2) is 0 Å². The molecule has 0 heterocycles. The van der Waals surface area contributed by atoms with Crippen molar-refractivity contribution in [2.45, 2.75) is 12.5 Å². The van der Waals surface area contributed by atoms with E-state index in [-0.39, 0.29) is 12.3 Å². The normalized spacial score (nSPS) is 11.6. The molecule has 0 fully saturated rings. The van der Waals surface area contributed by atoms with E-state index in [0.717, 1.165) is 11.1 Å². The maximum Gasteiger partial charge on any atom is 0.328 e. The lowest BCUT2D eigenvalue weighted by Crippen LogP contribution is -2.43. The molecule has 0 radical (unpaired) electrons. The number of hydrogen-bond donors (Lipinski definition) is 1. The summed E-state index contributed by atoms with van der Waals surface area (Å²) in [6.45, 7) is 0. The van der Waals surface area contributed by atoms with Crippen molar-refractivity contribution >= 4 is 35.1 Å². The number of esters is 1. The van der Waals surface area contributed by atoms with Gasteiger partial charge in [-0.15, -0.1) is 0 Å². The molecule has 0 saturated heterocycles. The largest absolute Gasteiger partial charge is 0.467 e. The molecule has 0 saturated carbocycles. The summed E-state index contributed by atoms with van der Waals surface area (Å²) in [5, 5.41) is 3.65. The topological polar surface area (TPSA) is 55.4 Å². The zero-order chi connectivity index (χ0) is 20.8. The minimum atomic E-state index is -0.875. The number of benzene rings is 3. The van der Waals surface area contributed by atoms with Gasteiger partial charge in [-0.05, 0) is 41.0 Å². The van der Waals surface area contributed by atoms with Gasteiger partial charge in [0.1, 0.15) is 6.04 Å². The Morgan fingerprint density at radius 1 is 0.931 bits per heavy atom. The second kappa shape index (κ2) is 9.59. The molecule has 4 nitrogen and oxygen atoms in total. The molecule has 1 atom stereocenters. The van der Waals surface area contributed by atoms with Crippen molar-refractivity contribution in [3.63, 3.8) is 0 Å². The van der Waals surface area contributed by atoms with E-state index in [4.69, 9.17) is 27.9 Å². The predicted octanol–water partition coefficient (Wildman–Crippen LogP) is 5.17. The molecule has 6 heteroatoms. The zero-order valence-corrected chi connectivity index (χ0v) is 17.2. The minimum Gasteiger partial charge on any atom is -0.467 e. The van der Waals surface area contributed by atoms with Gasteiger partial charge >= 0.3 is 5.97 Å². The molecule has 0 spiro atoms. The molecule has 0 aliphatic heterocycles. The second-order valence-corrected chi connectivity index (χ2v) is 7.28. The summed E-state index contributed by atoms with van der Waals surface area (Å²) < 4.78 is 4.84.